The molecule has 1 aliphatic heterocycles. The highest BCUT2D eigenvalue weighted by Gasteiger charge is 2.29. The zero-order chi connectivity index (χ0) is 10.8. The van der Waals surface area contributed by atoms with E-state index in [4.69, 9.17) is 5.73 Å². The maximum absolute atomic E-state index is 11.9. The van der Waals surface area contributed by atoms with Gasteiger partial charge in [0.2, 0.25) is 5.91 Å². The molecule has 0 radical (unpaired) electrons. The molecule has 2 heterocycles. The van der Waals surface area contributed by atoms with Crippen LogP contribution in [-0.2, 0) is 11.2 Å². The topological polar surface area (TPSA) is 46.3 Å². The second-order valence-corrected chi connectivity index (χ2v) is 5.23. The molecule has 2 N–H and O–H groups in total. The highest BCUT2D eigenvalue weighted by Crippen LogP contribution is 2.17. The van der Waals surface area contributed by atoms with Gasteiger partial charge < -0.3 is 10.6 Å². The first kappa shape index (κ1) is 10.6. The van der Waals surface area contributed by atoms with Gasteiger partial charge in [0.15, 0.2) is 0 Å². The van der Waals surface area contributed by atoms with Crippen molar-refractivity contribution in [3.05, 3.63) is 22.4 Å². The predicted molar refractivity (Wildman–Crippen MR) is 61.7 cm³/mol. The summed E-state index contributed by atoms with van der Waals surface area (Å²) in [6.45, 7) is 3.62. The summed E-state index contributed by atoms with van der Waals surface area (Å²) in [4.78, 5) is 14.9. The minimum Gasteiger partial charge on any atom is -0.340 e. The molecule has 1 amide bonds. The van der Waals surface area contributed by atoms with Gasteiger partial charge in [-0.15, -0.1) is 11.3 Å². The highest BCUT2D eigenvalue weighted by molar-refractivity contribution is 7.10. The maximum Gasteiger partial charge on any atom is 0.227 e. The molecule has 82 valence electrons. The number of nitrogens with zero attached hydrogens (tertiary/aromatic N) is 1. The second kappa shape index (κ2) is 4.33. The van der Waals surface area contributed by atoms with Gasteiger partial charge in [0.25, 0.3) is 0 Å². The van der Waals surface area contributed by atoms with Crippen molar-refractivity contribution in [3.63, 3.8) is 0 Å². The van der Waals surface area contributed by atoms with E-state index in [1.807, 2.05) is 22.4 Å². The van der Waals surface area contributed by atoms with Gasteiger partial charge in [0.05, 0.1) is 6.42 Å². The first-order valence-electron chi connectivity index (χ1n) is 5.22. The van der Waals surface area contributed by atoms with E-state index in [1.165, 1.54) is 0 Å². The molecular weight excluding hydrogens is 208 g/mol. The van der Waals surface area contributed by atoms with Gasteiger partial charge in [0.1, 0.15) is 0 Å². The lowest BCUT2D eigenvalue weighted by atomic mass is 10.1. The fraction of sp³-hybridized carbons (Fsp3) is 0.545. The van der Waals surface area contributed by atoms with E-state index in [1.54, 1.807) is 11.3 Å². The number of nitrogens with two attached hydrogens (primary N) is 1. The Morgan fingerprint density at radius 3 is 3.00 bits per heavy atom. The third kappa shape index (κ3) is 2.38. The number of likely N-dealkylation sites (tertiary alicyclic amines) is 1. The molecule has 0 aliphatic carbocycles. The van der Waals surface area contributed by atoms with Crippen LogP contribution in [0.25, 0.3) is 0 Å². The standard InChI is InChI=1S/C11H16N2OS/c1-8-6-13(7-10(8)12)11(14)5-9-3-2-4-15-9/h2-4,8,10H,5-7,12H2,1H3. The van der Waals surface area contributed by atoms with E-state index in [2.05, 4.69) is 6.92 Å². The molecule has 0 aromatic carbocycles. The molecule has 0 bridgehead atoms. The second-order valence-electron chi connectivity index (χ2n) is 4.20. The molecule has 1 aromatic rings. The Labute approximate surface area is 93.9 Å². The monoisotopic (exact) mass is 224 g/mol. The van der Waals surface area contributed by atoms with E-state index >= 15 is 0 Å². The first-order valence-corrected chi connectivity index (χ1v) is 6.10. The number of carbonyl (C=O) groups is 1. The largest absolute Gasteiger partial charge is 0.340 e. The van der Waals surface area contributed by atoms with Crippen LogP contribution in [0.3, 0.4) is 0 Å². The molecule has 1 aliphatic rings. The third-order valence-electron chi connectivity index (χ3n) is 2.93. The van der Waals surface area contributed by atoms with Crippen molar-refractivity contribution in [3.8, 4) is 0 Å². The molecule has 15 heavy (non-hydrogen) atoms. The van der Waals surface area contributed by atoms with Gasteiger partial charge >= 0.3 is 0 Å². The van der Waals surface area contributed by atoms with Crippen LogP contribution in [-0.4, -0.2) is 29.9 Å². The lowest BCUT2D eigenvalue weighted by molar-refractivity contribution is -0.129. The smallest absolute Gasteiger partial charge is 0.227 e. The number of hydrogen-bond donors (Lipinski definition) is 1. The molecule has 2 atom stereocenters. The summed E-state index contributed by atoms with van der Waals surface area (Å²) in [6.07, 6.45) is 0.525. The lowest BCUT2D eigenvalue weighted by Gasteiger charge is -2.15. The number of amides is 1. The zero-order valence-corrected chi connectivity index (χ0v) is 9.67. The normalized spacial score (nSPS) is 25.9. The van der Waals surface area contributed by atoms with Crippen molar-refractivity contribution in [2.45, 2.75) is 19.4 Å². The number of carbonyl (C=O) groups excluding carboxylic acids is 1. The fourth-order valence-corrected chi connectivity index (χ4v) is 2.57. The Balaban J connectivity index is 1.92. The van der Waals surface area contributed by atoms with E-state index < -0.39 is 0 Å². The van der Waals surface area contributed by atoms with Crippen LogP contribution in [0, 0.1) is 5.92 Å². The Hall–Kier alpha value is -0.870. The van der Waals surface area contributed by atoms with Crippen molar-refractivity contribution in [2.75, 3.05) is 13.1 Å². The molecular formula is C11H16N2OS. The van der Waals surface area contributed by atoms with E-state index in [0.717, 1.165) is 11.4 Å². The summed E-state index contributed by atoms with van der Waals surface area (Å²) in [6, 6.07) is 4.13. The number of thiophene rings is 1. The summed E-state index contributed by atoms with van der Waals surface area (Å²) in [5.74, 6) is 0.634. The van der Waals surface area contributed by atoms with Crippen LogP contribution in [0.5, 0.6) is 0 Å². The number of hydrogen-bond acceptors (Lipinski definition) is 3. The molecule has 2 unspecified atom stereocenters. The van der Waals surface area contributed by atoms with Crippen LogP contribution in [0.15, 0.2) is 17.5 Å². The first-order chi connectivity index (χ1) is 7.16. The van der Waals surface area contributed by atoms with Crippen LogP contribution >= 0.6 is 11.3 Å². The van der Waals surface area contributed by atoms with E-state index in [9.17, 15) is 4.79 Å². The van der Waals surface area contributed by atoms with Crippen molar-refractivity contribution in [1.82, 2.24) is 4.90 Å². The van der Waals surface area contributed by atoms with Gasteiger partial charge in [-0.2, -0.15) is 0 Å². The van der Waals surface area contributed by atoms with Crippen molar-refractivity contribution in [2.24, 2.45) is 11.7 Å². The fourth-order valence-electron chi connectivity index (χ4n) is 1.87. The van der Waals surface area contributed by atoms with Crippen molar-refractivity contribution in [1.29, 1.82) is 0 Å². The Morgan fingerprint density at radius 2 is 2.47 bits per heavy atom. The van der Waals surface area contributed by atoms with Crippen LogP contribution in [0.2, 0.25) is 0 Å². The summed E-state index contributed by atoms with van der Waals surface area (Å²) in [5, 5.41) is 2.00. The Morgan fingerprint density at radius 1 is 1.67 bits per heavy atom. The third-order valence-corrected chi connectivity index (χ3v) is 3.81. The highest BCUT2D eigenvalue weighted by atomic mass is 32.1. The van der Waals surface area contributed by atoms with E-state index in [0.29, 0.717) is 18.9 Å². The van der Waals surface area contributed by atoms with Crippen molar-refractivity contribution < 1.29 is 4.79 Å². The van der Waals surface area contributed by atoms with Gasteiger partial charge in [-0.3, -0.25) is 4.79 Å². The Kier molecular flexibility index (Phi) is 3.07. The molecule has 3 nitrogen and oxygen atoms in total. The summed E-state index contributed by atoms with van der Waals surface area (Å²) >= 11 is 1.63. The van der Waals surface area contributed by atoms with Gasteiger partial charge in [-0.05, 0) is 17.4 Å². The minimum absolute atomic E-state index is 0.150. The van der Waals surface area contributed by atoms with Crippen LogP contribution in [0.4, 0.5) is 0 Å². The summed E-state index contributed by atoms with van der Waals surface area (Å²) in [7, 11) is 0. The maximum atomic E-state index is 11.9. The van der Waals surface area contributed by atoms with Crippen LogP contribution in [0.1, 0.15) is 11.8 Å². The average molecular weight is 224 g/mol. The molecule has 0 spiro atoms. The van der Waals surface area contributed by atoms with E-state index in [-0.39, 0.29) is 11.9 Å². The summed E-state index contributed by atoms with van der Waals surface area (Å²) < 4.78 is 0. The molecule has 1 aromatic heterocycles. The van der Waals surface area contributed by atoms with Gasteiger partial charge in [-0.1, -0.05) is 13.0 Å². The summed E-state index contributed by atoms with van der Waals surface area (Å²) in [5.41, 5.74) is 5.89. The van der Waals surface area contributed by atoms with Crippen LogP contribution < -0.4 is 5.73 Å². The SMILES string of the molecule is CC1CN(C(=O)Cc2cccs2)CC1N. The minimum atomic E-state index is 0.150. The predicted octanol–water partition coefficient (Wildman–Crippen LogP) is 1.10. The van der Waals surface area contributed by atoms with Gasteiger partial charge in [0, 0.05) is 24.0 Å². The lowest BCUT2D eigenvalue weighted by Crippen LogP contribution is -2.32. The molecule has 1 fully saturated rings. The molecule has 2 rings (SSSR count). The zero-order valence-electron chi connectivity index (χ0n) is 8.85. The molecule has 0 saturated carbocycles. The van der Waals surface area contributed by atoms with Crippen molar-refractivity contribution >= 4 is 17.2 Å². The molecule has 4 heteroatoms. The quantitative estimate of drug-likeness (QED) is 0.817. The number of rotatable bonds is 2. The average Bonchev–Trinajstić information content (AvgIpc) is 2.78. The van der Waals surface area contributed by atoms with Gasteiger partial charge in [-0.25, -0.2) is 0 Å². The Bertz CT molecular complexity index is 326. The molecule has 1 saturated heterocycles.